The second kappa shape index (κ2) is 9.60. The molecule has 0 atom stereocenters. The molecule has 0 aliphatic carbocycles. The molecule has 0 aliphatic rings. The monoisotopic (exact) mass is 478 g/mol. The summed E-state index contributed by atoms with van der Waals surface area (Å²) in [6.45, 7) is 3.53. The Balaban J connectivity index is 1.79. The summed E-state index contributed by atoms with van der Waals surface area (Å²) < 4.78 is 36.2. The summed E-state index contributed by atoms with van der Waals surface area (Å²) in [5.74, 6) is 0.338. The summed E-state index contributed by atoms with van der Waals surface area (Å²) in [5, 5.41) is 5.00. The predicted molar refractivity (Wildman–Crippen MR) is 124 cm³/mol. The lowest BCUT2D eigenvalue weighted by Crippen LogP contribution is -2.12. The van der Waals surface area contributed by atoms with Crippen LogP contribution in [-0.2, 0) is 10.1 Å². The number of ether oxygens (including phenoxy) is 1. The van der Waals surface area contributed by atoms with Gasteiger partial charge < -0.3 is 8.92 Å². The average Bonchev–Trinajstić information content (AvgIpc) is 2.73. The van der Waals surface area contributed by atoms with Crippen LogP contribution in [0, 0.1) is 13.8 Å². The molecule has 9 heteroatoms. The van der Waals surface area contributed by atoms with Crippen molar-refractivity contribution in [2.75, 3.05) is 12.5 Å². The molecule has 0 aromatic heterocycles. The molecule has 31 heavy (non-hydrogen) atoms. The number of anilines is 1. The van der Waals surface area contributed by atoms with Crippen LogP contribution in [0.1, 0.15) is 16.7 Å². The van der Waals surface area contributed by atoms with Crippen molar-refractivity contribution in [2.24, 2.45) is 5.10 Å². The van der Waals surface area contributed by atoms with E-state index in [-0.39, 0.29) is 16.4 Å². The van der Waals surface area contributed by atoms with Gasteiger partial charge in [-0.05, 0) is 73.0 Å². The normalized spacial score (nSPS) is 11.5. The van der Waals surface area contributed by atoms with Crippen LogP contribution in [-0.4, -0.2) is 21.7 Å². The highest BCUT2D eigenvalue weighted by atomic mass is 35.5. The van der Waals surface area contributed by atoms with Crippen molar-refractivity contribution in [1.29, 1.82) is 0 Å². The third-order valence-electron chi connectivity index (χ3n) is 4.33. The van der Waals surface area contributed by atoms with Gasteiger partial charge in [0.15, 0.2) is 11.5 Å². The highest BCUT2D eigenvalue weighted by molar-refractivity contribution is 7.87. The summed E-state index contributed by atoms with van der Waals surface area (Å²) in [4.78, 5) is 0.117. The van der Waals surface area contributed by atoms with Gasteiger partial charge in [-0.1, -0.05) is 35.3 Å². The molecule has 0 heterocycles. The highest BCUT2D eigenvalue weighted by Crippen LogP contribution is 2.31. The van der Waals surface area contributed by atoms with Gasteiger partial charge in [-0.25, -0.2) is 0 Å². The topological polar surface area (TPSA) is 77.0 Å². The molecule has 3 aromatic rings. The summed E-state index contributed by atoms with van der Waals surface area (Å²) in [6.07, 6.45) is 1.55. The van der Waals surface area contributed by atoms with E-state index in [0.717, 1.165) is 5.56 Å². The van der Waals surface area contributed by atoms with Gasteiger partial charge >= 0.3 is 10.1 Å². The van der Waals surface area contributed by atoms with Crippen molar-refractivity contribution in [3.05, 3.63) is 81.3 Å². The van der Waals surface area contributed by atoms with E-state index in [4.69, 9.17) is 32.1 Å². The van der Waals surface area contributed by atoms with Crippen molar-refractivity contribution in [2.45, 2.75) is 18.7 Å². The average molecular weight is 479 g/mol. The molecule has 0 fully saturated rings. The molecule has 6 nitrogen and oxygen atoms in total. The first-order valence-electron chi connectivity index (χ1n) is 9.13. The molecule has 162 valence electrons. The molecule has 0 radical (unpaired) electrons. The molecule has 0 saturated heterocycles. The first-order valence-corrected chi connectivity index (χ1v) is 11.3. The minimum absolute atomic E-state index is 0.0815. The van der Waals surface area contributed by atoms with E-state index in [1.54, 1.807) is 55.6 Å². The minimum Gasteiger partial charge on any atom is -0.493 e. The van der Waals surface area contributed by atoms with E-state index in [1.807, 2.05) is 13.0 Å². The lowest BCUT2D eigenvalue weighted by Gasteiger charge is -2.13. The fourth-order valence-electron chi connectivity index (χ4n) is 2.72. The first kappa shape index (κ1) is 22.9. The van der Waals surface area contributed by atoms with Gasteiger partial charge in [-0.15, -0.1) is 0 Å². The van der Waals surface area contributed by atoms with Gasteiger partial charge in [0.1, 0.15) is 4.90 Å². The van der Waals surface area contributed by atoms with E-state index < -0.39 is 10.1 Å². The summed E-state index contributed by atoms with van der Waals surface area (Å²) >= 11 is 11.9. The number of aryl methyl sites for hydroxylation is 2. The van der Waals surface area contributed by atoms with Crippen molar-refractivity contribution >= 4 is 45.2 Å². The number of nitrogens with one attached hydrogen (secondary N) is 1. The standard InChI is InChI=1S/C22H20Cl2N2O4S/c1-14-4-5-15(2)22(10-14)31(27,28)30-20-9-6-16(11-21(20)29-3)13-25-26-17-7-8-18(23)19(24)12-17/h4-13,26H,1-3H3/b25-13+. The van der Waals surface area contributed by atoms with Gasteiger partial charge in [-0.3, -0.25) is 5.43 Å². The highest BCUT2D eigenvalue weighted by Gasteiger charge is 2.21. The largest absolute Gasteiger partial charge is 0.493 e. The molecule has 0 aliphatic heterocycles. The smallest absolute Gasteiger partial charge is 0.339 e. The predicted octanol–water partition coefficient (Wildman–Crippen LogP) is 5.83. The lowest BCUT2D eigenvalue weighted by atomic mass is 10.2. The third-order valence-corrected chi connectivity index (χ3v) is 6.44. The molecule has 0 unspecified atom stereocenters. The van der Waals surface area contributed by atoms with Crippen LogP contribution in [0.4, 0.5) is 5.69 Å². The summed E-state index contributed by atoms with van der Waals surface area (Å²) in [5.41, 5.74) is 5.59. The number of hydrazone groups is 1. The molecular weight excluding hydrogens is 459 g/mol. The van der Waals surface area contributed by atoms with E-state index in [1.165, 1.54) is 13.2 Å². The fraction of sp³-hybridized carbons (Fsp3) is 0.136. The minimum atomic E-state index is -4.02. The number of hydrogen-bond acceptors (Lipinski definition) is 6. The Morgan fingerprint density at radius 2 is 1.71 bits per heavy atom. The SMILES string of the molecule is COc1cc(/C=N/Nc2ccc(Cl)c(Cl)c2)ccc1OS(=O)(=O)c1cc(C)ccc1C. The molecular formula is C22H20Cl2N2O4S. The quantitative estimate of drug-likeness (QED) is 0.262. The van der Waals surface area contributed by atoms with Crippen molar-refractivity contribution < 1.29 is 17.3 Å². The van der Waals surface area contributed by atoms with Gasteiger partial charge in [0.25, 0.3) is 0 Å². The van der Waals surface area contributed by atoms with Crippen LogP contribution < -0.4 is 14.3 Å². The van der Waals surface area contributed by atoms with Crippen LogP contribution in [0.15, 0.2) is 64.6 Å². The number of nitrogens with zero attached hydrogens (tertiary/aromatic N) is 1. The first-order chi connectivity index (χ1) is 14.7. The fourth-order valence-corrected chi connectivity index (χ4v) is 4.27. The van der Waals surface area contributed by atoms with E-state index in [9.17, 15) is 8.42 Å². The number of hydrogen-bond donors (Lipinski definition) is 1. The zero-order valence-corrected chi connectivity index (χ0v) is 19.3. The second-order valence-electron chi connectivity index (χ2n) is 6.72. The van der Waals surface area contributed by atoms with Crippen LogP contribution in [0.5, 0.6) is 11.5 Å². The Bertz CT molecular complexity index is 1240. The Hall–Kier alpha value is -2.74. The van der Waals surface area contributed by atoms with Gasteiger partial charge in [0, 0.05) is 0 Å². The number of rotatable bonds is 7. The number of halogens is 2. The molecule has 0 saturated carbocycles. The Kier molecular flexibility index (Phi) is 7.10. The van der Waals surface area contributed by atoms with E-state index in [0.29, 0.717) is 26.9 Å². The maximum atomic E-state index is 12.8. The Labute approximate surface area is 191 Å². The molecule has 0 bridgehead atoms. The van der Waals surface area contributed by atoms with Crippen LogP contribution in [0.2, 0.25) is 10.0 Å². The zero-order valence-electron chi connectivity index (χ0n) is 17.0. The van der Waals surface area contributed by atoms with Crippen LogP contribution in [0.25, 0.3) is 0 Å². The maximum Gasteiger partial charge on any atom is 0.339 e. The van der Waals surface area contributed by atoms with E-state index >= 15 is 0 Å². The van der Waals surface area contributed by atoms with Gasteiger partial charge in [0.2, 0.25) is 0 Å². The van der Waals surface area contributed by atoms with Crippen molar-refractivity contribution in [3.8, 4) is 11.5 Å². The summed E-state index contributed by atoms with van der Waals surface area (Å²) in [6, 6.07) is 15.0. The Morgan fingerprint density at radius 3 is 2.42 bits per heavy atom. The second-order valence-corrected chi connectivity index (χ2v) is 9.04. The number of benzene rings is 3. The summed E-state index contributed by atoms with van der Waals surface area (Å²) in [7, 11) is -2.59. The van der Waals surface area contributed by atoms with Crippen LogP contribution in [0.3, 0.4) is 0 Å². The van der Waals surface area contributed by atoms with E-state index in [2.05, 4.69) is 10.5 Å². The van der Waals surface area contributed by atoms with Crippen molar-refractivity contribution in [1.82, 2.24) is 0 Å². The van der Waals surface area contributed by atoms with Gasteiger partial charge in [-0.2, -0.15) is 13.5 Å². The zero-order chi connectivity index (χ0) is 22.6. The van der Waals surface area contributed by atoms with Crippen molar-refractivity contribution in [3.63, 3.8) is 0 Å². The molecule has 3 aromatic carbocycles. The van der Waals surface area contributed by atoms with Crippen LogP contribution >= 0.6 is 23.2 Å². The van der Waals surface area contributed by atoms with Gasteiger partial charge in [0.05, 0.1) is 29.1 Å². The molecule has 0 amide bonds. The molecule has 1 N–H and O–H groups in total. The molecule has 0 spiro atoms. The third kappa shape index (κ3) is 5.70. The number of methoxy groups -OCH3 is 1. The Morgan fingerprint density at radius 1 is 0.935 bits per heavy atom. The molecule has 3 rings (SSSR count). The maximum absolute atomic E-state index is 12.8. The lowest BCUT2D eigenvalue weighted by molar-refractivity contribution is 0.390.